The fourth-order valence-corrected chi connectivity index (χ4v) is 3.32. The summed E-state index contributed by atoms with van der Waals surface area (Å²) in [5.41, 5.74) is 0.861. The van der Waals surface area contributed by atoms with Crippen LogP contribution >= 0.6 is 0 Å². The molecule has 0 aromatic heterocycles. The van der Waals surface area contributed by atoms with E-state index in [0.29, 0.717) is 6.04 Å². The van der Waals surface area contributed by atoms with Crippen molar-refractivity contribution in [2.45, 2.75) is 25.4 Å². The van der Waals surface area contributed by atoms with Crippen LogP contribution < -0.4 is 5.32 Å². The molecular weight excluding hydrogens is 231 g/mol. The molecule has 0 aliphatic carbocycles. The first kappa shape index (κ1) is 11.9. The Morgan fingerprint density at radius 1 is 1.33 bits per heavy atom. The first-order valence-corrected chi connectivity index (χ1v) is 6.65. The molecule has 2 N–H and O–H groups in total. The number of hydrogen-bond acceptors (Lipinski definition) is 3. The van der Waals surface area contributed by atoms with Gasteiger partial charge in [-0.2, -0.15) is 0 Å². The summed E-state index contributed by atoms with van der Waals surface area (Å²) in [5, 5.41) is 12.9. The highest BCUT2D eigenvalue weighted by Crippen LogP contribution is 2.28. The maximum absolute atomic E-state index is 13.3. The molecule has 2 saturated heterocycles. The monoisotopic (exact) mass is 250 g/mol. The third-order valence-corrected chi connectivity index (χ3v) is 4.12. The molecule has 98 valence electrons. The van der Waals surface area contributed by atoms with E-state index in [9.17, 15) is 9.50 Å². The Bertz CT molecular complexity index is 418. The third kappa shape index (κ3) is 2.35. The van der Waals surface area contributed by atoms with Crippen molar-refractivity contribution in [1.29, 1.82) is 0 Å². The minimum Gasteiger partial charge on any atom is -0.508 e. The Balaban J connectivity index is 1.74. The summed E-state index contributed by atoms with van der Waals surface area (Å²) in [6.07, 6.45) is 2.51. The highest BCUT2D eigenvalue weighted by molar-refractivity contribution is 5.28. The fourth-order valence-electron chi connectivity index (χ4n) is 3.32. The Kier molecular flexibility index (Phi) is 3.22. The number of nitrogens with one attached hydrogen (secondary N) is 1. The predicted octanol–water partition coefficient (Wildman–Crippen LogP) is 1.72. The summed E-state index contributed by atoms with van der Waals surface area (Å²) in [4.78, 5) is 2.42. The van der Waals surface area contributed by atoms with Gasteiger partial charge in [-0.25, -0.2) is 4.39 Å². The zero-order chi connectivity index (χ0) is 12.5. The normalized spacial score (nSPS) is 28.3. The number of rotatable bonds is 2. The number of fused-ring (bicyclic) bond motifs is 1. The average Bonchev–Trinajstić information content (AvgIpc) is 2.76. The van der Waals surface area contributed by atoms with Crippen LogP contribution in [0.2, 0.25) is 0 Å². The average molecular weight is 250 g/mol. The third-order valence-electron chi connectivity index (χ3n) is 4.12. The topological polar surface area (TPSA) is 35.5 Å². The number of nitrogens with zero attached hydrogens (tertiary/aromatic N) is 1. The minimum atomic E-state index is -0.358. The van der Waals surface area contributed by atoms with Gasteiger partial charge >= 0.3 is 0 Å². The van der Waals surface area contributed by atoms with Crippen molar-refractivity contribution in [1.82, 2.24) is 10.2 Å². The van der Waals surface area contributed by atoms with Crippen molar-refractivity contribution < 1.29 is 9.50 Å². The zero-order valence-electron chi connectivity index (χ0n) is 10.4. The van der Waals surface area contributed by atoms with Gasteiger partial charge in [0, 0.05) is 25.2 Å². The van der Waals surface area contributed by atoms with Crippen LogP contribution in [0, 0.1) is 11.7 Å². The number of aromatic hydroxyl groups is 1. The highest BCUT2D eigenvalue weighted by atomic mass is 19.1. The Hall–Kier alpha value is -1.13. The van der Waals surface area contributed by atoms with Crippen LogP contribution in [-0.4, -0.2) is 35.7 Å². The van der Waals surface area contributed by atoms with Crippen LogP contribution in [0.25, 0.3) is 0 Å². The van der Waals surface area contributed by atoms with E-state index < -0.39 is 0 Å². The van der Waals surface area contributed by atoms with E-state index >= 15 is 0 Å². The lowest BCUT2D eigenvalue weighted by Gasteiger charge is -2.37. The van der Waals surface area contributed by atoms with Gasteiger partial charge in [0.2, 0.25) is 0 Å². The molecule has 0 spiro atoms. The second-order valence-corrected chi connectivity index (χ2v) is 5.42. The van der Waals surface area contributed by atoms with E-state index in [1.165, 1.54) is 18.9 Å². The van der Waals surface area contributed by atoms with E-state index in [-0.39, 0.29) is 11.6 Å². The second kappa shape index (κ2) is 4.86. The van der Waals surface area contributed by atoms with Crippen LogP contribution in [0.3, 0.4) is 0 Å². The molecule has 2 aliphatic heterocycles. The van der Waals surface area contributed by atoms with Crippen LogP contribution in [0.4, 0.5) is 4.39 Å². The molecule has 2 unspecified atom stereocenters. The van der Waals surface area contributed by atoms with Gasteiger partial charge in [-0.05, 0) is 49.5 Å². The van der Waals surface area contributed by atoms with Crippen LogP contribution in [0.5, 0.6) is 5.75 Å². The highest BCUT2D eigenvalue weighted by Gasteiger charge is 2.34. The number of likely N-dealkylation sites (tertiary alicyclic amines) is 1. The van der Waals surface area contributed by atoms with Gasteiger partial charge in [0.05, 0.1) is 0 Å². The summed E-state index contributed by atoms with van der Waals surface area (Å²) >= 11 is 0. The van der Waals surface area contributed by atoms with Crippen molar-refractivity contribution in [2.24, 2.45) is 5.92 Å². The molecule has 3 nitrogen and oxygen atoms in total. The van der Waals surface area contributed by atoms with E-state index in [1.807, 2.05) is 0 Å². The zero-order valence-corrected chi connectivity index (χ0v) is 10.4. The van der Waals surface area contributed by atoms with Crippen LogP contribution in [0.1, 0.15) is 18.4 Å². The summed E-state index contributed by atoms with van der Waals surface area (Å²) in [6, 6.07) is 4.91. The molecule has 4 heteroatoms. The molecular formula is C14H19FN2O. The van der Waals surface area contributed by atoms with Crippen LogP contribution in [-0.2, 0) is 6.54 Å². The van der Waals surface area contributed by atoms with Gasteiger partial charge in [0.25, 0.3) is 0 Å². The van der Waals surface area contributed by atoms with Gasteiger partial charge in [0.15, 0.2) is 0 Å². The lowest BCUT2D eigenvalue weighted by atomic mass is 9.91. The molecule has 2 atom stereocenters. The minimum absolute atomic E-state index is 0.0168. The second-order valence-electron chi connectivity index (χ2n) is 5.42. The summed E-state index contributed by atoms with van der Waals surface area (Å²) in [7, 11) is 0. The van der Waals surface area contributed by atoms with Crippen molar-refractivity contribution in [3.05, 3.63) is 29.6 Å². The Morgan fingerprint density at radius 3 is 3.06 bits per heavy atom. The SMILES string of the molecule is Oc1cc(F)cc(CN2CCCC3CNCC32)c1. The molecule has 3 rings (SSSR count). The molecule has 0 amide bonds. The van der Waals surface area contributed by atoms with Crippen molar-refractivity contribution >= 4 is 0 Å². The number of hydrogen-bond donors (Lipinski definition) is 2. The fraction of sp³-hybridized carbons (Fsp3) is 0.571. The lowest BCUT2D eigenvalue weighted by molar-refractivity contribution is 0.117. The smallest absolute Gasteiger partial charge is 0.127 e. The molecule has 0 saturated carbocycles. The summed E-state index contributed by atoms with van der Waals surface area (Å²) < 4.78 is 13.3. The number of halogens is 1. The van der Waals surface area contributed by atoms with E-state index in [0.717, 1.165) is 43.7 Å². The van der Waals surface area contributed by atoms with E-state index in [1.54, 1.807) is 6.07 Å². The standard InChI is InChI=1S/C14H19FN2O/c15-12-4-10(5-13(18)6-12)9-17-3-1-2-11-7-16-8-14(11)17/h4-6,11,14,16,18H,1-3,7-9H2. The molecule has 0 bridgehead atoms. The van der Waals surface area contributed by atoms with Crippen molar-refractivity contribution in [3.8, 4) is 5.75 Å². The number of benzene rings is 1. The summed E-state index contributed by atoms with van der Waals surface area (Å²) in [5.74, 6) is 0.395. The Morgan fingerprint density at radius 2 is 2.22 bits per heavy atom. The molecule has 2 aliphatic rings. The predicted molar refractivity (Wildman–Crippen MR) is 67.9 cm³/mol. The van der Waals surface area contributed by atoms with Crippen molar-refractivity contribution in [3.63, 3.8) is 0 Å². The first-order chi connectivity index (χ1) is 8.72. The van der Waals surface area contributed by atoms with Gasteiger partial charge in [-0.3, -0.25) is 4.90 Å². The lowest BCUT2D eigenvalue weighted by Crippen LogP contribution is -2.44. The maximum atomic E-state index is 13.3. The summed E-state index contributed by atoms with van der Waals surface area (Å²) in [6.45, 7) is 3.94. The molecule has 1 aromatic rings. The van der Waals surface area contributed by atoms with Crippen LogP contribution in [0.15, 0.2) is 18.2 Å². The van der Waals surface area contributed by atoms with Gasteiger partial charge in [-0.1, -0.05) is 0 Å². The van der Waals surface area contributed by atoms with Gasteiger partial charge in [-0.15, -0.1) is 0 Å². The quantitative estimate of drug-likeness (QED) is 0.839. The number of phenols is 1. The molecule has 2 heterocycles. The number of piperidine rings is 1. The molecule has 2 fully saturated rings. The maximum Gasteiger partial charge on any atom is 0.127 e. The largest absolute Gasteiger partial charge is 0.508 e. The molecule has 0 radical (unpaired) electrons. The van der Waals surface area contributed by atoms with Gasteiger partial charge < -0.3 is 10.4 Å². The van der Waals surface area contributed by atoms with E-state index in [4.69, 9.17) is 0 Å². The van der Waals surface area contributed by atoms with E-state index in [2.05, 4.69) is 10.2 Å². The van der Waals surface area contributed by atoms with Gasteiger partial charge in [0.1, 0.15) is 11.6 Å². The van der Waals surface area contributed by atoms with Crippen molar-refractivity contribution in [2.75, 3.05) is 19.6 Å². The number of phenolic OH excluding ortho intramolecular Hbond substituents is 1. The first-order valence-electron chi connectivity index (χ1n) is 6.65. The molecule has 18 heavy (non-hydrogen) atoms. The Labute approximate surface area is 107 Å². The molecule has 1 aromatic carbocycles.